The molecule has 0 spiro atoms. The van der Waals surface area contributed by atoms with Gasteiger partial charge < -0.3 is 24.4 Å². The molecule has 0 saturated carbocycles. The predicted octanol–water partition coefficient (Wildman–Crippen LogP) is 3.21. The molecule has 0 atom stereocenters. The fourth-order valence-corrected chi connectivity index (χ4v) is 4.21. The number of amides is 1. The number of benzene rings is 1. The quantitative estimate of drug-likeness (QED) is 0.706. The summed E-state index contributed by atoms with van der Waals surface area (Å²) in [5.41, 5.74) is 0.989. The Kier molecular flexibility index (Phi) is 6.96. The second-order valence-corrected chi connectivity index (χ2v) is 7.81. The van der Waals surface area contributed by atoms with Crippen molar-refractivity contribution >= 4 is 6.09 Å². The Hall–Kier alpha value is -1.79. The summed E-state index contributed by atoms with van der Waals surface area (Å²) < 4.78 is 11.4. The monoisotopic (exact) mass is 376 g/mol. The summed E-state index contributed by atoms with van der Waals surface area (Å²) >= 11 is 0. The van der Waals surface area contributed by atoms with Crippen molar-refractivity contribution in [3.63, 3.8) is 0 Å². The molecule has 2 aliphatic rings. The molecule has 2 fully saturated rings. The van der Waals surface area contributed by atoms with Crippen molar-refractivity contribution in [2.45, 2.75) is 37.5 Å². The van der Waals surface area contributed by atoms with Crippen molar-refractivity contribution in [2.24, 2.45) is 0 Å². The van der Waals surface area contributed by atoms with E-state index in [1.54, 1.807) is 7.05 Å². The third-order valence-electron chi connectivity index (χ3n) is 5.87. The smallest absolute Gasteiger partial charge is 0.407 e. The van der Waals surface area contributed by atoms with Gasteiger partial charge in [-0.3, -0.25) is 0 Å². The van der Waals surface area contributed by atoms with Crippen LogP contribution in [0.1, 0.15) is 37.7 Å². The minimum atomic E-state index is -0.890. The molecule has 2 heterocycles. The fourth-order valence-electron chi connectivity index (χ4n) is 4.21. The van der Waals surface area contributed by atoms with Crippen molar-refractivity contribution < 1.29 is 19.4 Å². The Balaban J connectivity index is 1.56. The number of hydrogen-bond acceptors (Lipinski definition) is 4. The SMILES string of the molecule is CN(CC1(c2ccc(OCCCN3CCCC3)cc2)CCOCC1)C(=O)O. The van der Waals surface area contributed by atoms with Crippen molar-refractivity contribution in [1.82, 2.24) is 9.80 Å². The van der Waals surface area contributed by atoms with E-state index < -0.39 is 6.09 Å². The summed E-state index contributed by atoms with van der Waals surface area (Å²) in [7, 11) is 1.64. The minimum absolute atomic E-state index is 0.181. The number of likely N-dealkylation sites (N-methyl/N-ethyl adjacent to an activating group) is 1. The first-order valence-corrected chi connectivity index (χ1v) is 10.1. The van der Waals surface area contributed by atoms with Crippen LogP contribution in [0.4, 0.5) is 4.79 Å². The average molecular weight is 376 g/mol. The Morgan fingerprint density at radius 2 is 1.89 bits per heavy atom. The van der Waals surface area contributed by atoms with Gasteiger partial charge >= 0.3 is 6.09 Å². The molecule has 2 aliphatic heterocycles. The van der Waals surface area contributed by atoms with E-state index in [2.05, 4.69) is 17.0 Å². The largest absolute Gasteiger partial charge is 0.494 e. The lowest BCUT2D eigenvalue weighted by Crippen LogP contribution is -2.45. The van der Waals surface area contributed by atoms with Gasteiger partial charge in [0, 0.05) is 38.8 Å². The molecular formula is C21H32N2O4. The summed E-state index contributed by atoms with van der Waals surface area (Å²) in [5.74, 6) is 0.883. The minimum Gasteiger partial charge on any atom is -0.494 e. The van der Waals surface area contributed by atoms with Crippen molar-refractivity contribution in [2.75, 3.05) is 53.0 Å². The van der Waals surface area contributed by atoms with Crippen LogP contribution in [0, 0.1) is 0 Å². The van der Waals surface area contributed by atoms with Crippen molar-refractivity contribution in [3.05, 3.63) is 29.8 Å². The van der Waals surface area contributed by atoms with Crippen LogP contribution in [0.25, 0.3) is 0 Å². The first kappa shape index (κ1) is 20.0. The zero-order valence-electron chi connectivity index (χ0n) is 16.4. The van der Waals surface area contributed by atoms with E-state index in [4.69, 9.17) is 9.47 Å². The Bertz CT molecular complexity index is 593. The molecular weight excluding hydrogens is 344 g/mol. The Morgan fingerprint density at radius 3 is 2.52 bits per heavy atom. The summed E-state index contributed by atoms with van der Waals surface area (Å²) in [6, 6.07) is 8.22. The number of rotatable bonds is 8. The first-order valence-electron chi connectivity index (χ1n) is 10.1. The highest BCUT2D eigenvalue weighted by molar-refractivity contribution is 5.64. The van der Waals surface area contributed by atoms with Crippen LogP contribution in [-0.4, -0.2) is 74.0 Å². The van der Waals surface area contributed by atoms with E-state index >= 15 is 0 Å². The van der Waals surface area contributed by atoms with Crippen LogP contribution in [-0.2, 0) is 10.2 Å². The molecule has 6 heteroatoms. The van der Waals surface area contributed by atoms with E-state index in [0.29, 0.717) is 19.8 Å². The topological polar surface area (TPSA) is 62.2 Å². The maximum atomic E-state index is 11.3. The summed E-state index contributed by atoms with van der Waals surface area (Å²) in [6.45, 7) is 6.13. The fraction of sp³-hybridized carbons (Fsp3) is 0.667. The van der Waals surface area contributed by atoms with Gasteiger partial charge in [-0.25, -0.2) is 4.79 Å². The van der Waals surface area contributed by atoms with E-state index in [0.717, 1.165) is 38.2 Å². The molecule has 1 amide bonds. The molecule has 0 aromatic heterocycles. The molecule has 0 aliphatic carbocycles. The lowest BCUT2D eigenvalue weighted by atomic mass is 9.74. The van der Waals surface area contributed by atoms with Crippen LogP contribution in [0.3, 0.4) is 0 Å². The van der Waals surface area contributed by atoms with Gasteiger partial charge in [-0.2, -0.15) is 0 Å². The maximum absolute atomic E-state index is 11.3. The van der Waals surface area contributed by atoms with Crippen LogP contribution < -0.4 is 4.74 Å². The highest BCUT2D eigenvalue weighted by Crippen LogP contribution is 2.36. The molecule has 3 rings (SSSR count). The molecule has 150 valence electrons. The van der Waals surface area contributed by atoms with E-state index in [9.17, 15) is 9.90 Å². The first-order chi connectivity index (χ1) is 13.1. The molecule has 1 aromatic rings. The second kappa shape index (κ2) is 9.42. The molecule has 27 heavy (non-hydrogen) atoms. The number of nitrogens with zero attached hydrogens (tertiary/aromatic N) is 2. The van der Waals surface area contributed by atoms with Gasteiger partial charge in [0.1, 0.15) is 5.75 Å². The van der Waals surface area contributed by atoms with Crippen LogP contribution in [0.5, 0.6) is 5.75 Å². The van der Waals surface area contributed by atoms with Gasteiger partial charge in [-0.05, 0) is 62.9 Å². The van der Waals surface area contributed by atoms with Crippen LogP contribution in [0.15, 0.2) is 24.3 Å². The van der Waals surface area contributed by atoms with E-state index in [-0.39, 0.29) is 5.41 Å². The molecule has 2 saturated heterocycles. The lowest BCUT2D eigenvalue weighted by Gasteiger charge is -2.40. The number of ether oxygens (including phenoxy) is 2. The third kappa shape index (κ3) is 5.36. The second-order valence-electron chi connectivity index (χ2n) is 7.81. The van der Waals surface area contributed by atoms with Gasteiger partial charge in [0.05, 0.1) is 6.61 Å². The average Bonchev–Trinajstić information content (AvgIpc) is 3.20. The Morgan fingerprint density at radius 1 is 1.22 bits per heavy atom. The zero-order valence-corrected chi connectivity index (χ0v) is 16.4. The molecule has 0 bridgehead atoms. The normalized spacial score (nSPS) is 19.7. The maximum Gasteiger partial charge on any atom is 0.407 e. The lowest BCUT2D eigenvalue weighted by molar-refractivity contribution is 0.0375. The highest BCUT2D eigenvalue weighted by atomic mass is 16.5. The Labute approximate surface area is 162 Å². The molecule has 0 unspecified atom stereocenters. The number of likely N-dealkylation sites (tertiary alicyclic amines) is 1. The molecule has 0 radical (unpaired) electrons. The molecule has 1 aromatic carbocycles. The van der Waals surface area contributed by atoms with Crippen LogP contribution in [0.2, 0.25) is 0 Å². The highest BCUT2D eigenvalue weighted by Gasteiger charge is 2.36. The van der Waals surface area contributed by atoms with Gasteiger partial charge in [0.25, 0.3) is 0 Å². The summed E-state index contributed by atoms with van der Waals surface area (Å²) in [6.07, 6.45) is 4.48. The number of carbonyl (C=O) groups is 1. The van der Waals surface area contributed by atoms with E-state index in [1.807, 2.05) is 12.1 Å². The van der Waals surface area contributed by atoms with Crippen molar-refractivity contribution in [1.29, 1.82) is 0 Å². The summed E-state index contributed by atoms with van der Waals surface area (Å²) in [4.78, 5) is 15.2. The van der Waals surface area contributed by atoms with Crippen molar-refractivity contribution in [3.8, 4) is 5.75 Å². The summed E-state index contributed by atoms with van der Waals surface area (Å²) in [5, 5.41) is 9.29. The predicted molar refractivity (Wildman–Crippen MR) is 105 cm³/mol. The van der Waals surface area contributed by atoms with E-state index in [1.165, 1.54) is 36.4 Å². The van der Waals surface area contributed by atoms with Gasteiger partial charge in [-0.15, -0.1) is 0 Å². The van der Waals surface area contributed by atoms with Gasteiger partial charge in [-0.1, -0.05) is 12.1 Å². The van der Waals surface area contributed by atoms with Gasteiger partial charge in [0.2, 0.25) is 0 Å². The van der Waals surface area contributed by atoms with Crippen LogP contribution >= 0.6 is 0 Å². The number of carboxylic acid groups (broad SMARTS) is 1. The molecule has 1 N–H and O–H groups in total. The molecule has 6 nitrogen and oxygen atoms in total. The number of hydrogen-bond donors (Lipinski definition) is 1. The standard InChI is InChI=1S/C21H32N2O4/c1-22(20(24)25)17-21(9-15-26-16-10-21)18-5-7-19(8-6-18)27-14-4-13-23-11-2-3-12-23/h5-8H,2-4,9-17H2,1H3,(H,24,25). The third-order valence-corrected chi connectivity index (χ3v) is 5.87. The zero-order chi connectivity index (χ0) is 19.1. The van der Waals surface area contributed by atoms with Gasteiger partial charge in [0.15, 0.2) is 0 Å².